The van der Waals surface area contributed by atoms with Crippen LogP contribution in [0.1, 0.15) is 30.1 Å². The fourth-order valence-corrected chi connectivity index (χ4v) is 2.28. The Labute approximate surface area is 126 Å². The predicted molar refractivity (Wildman–Crippen MR) is 80.7 cm³/mol. The number of alkyl halides is 1. The molecule has 0 saturated carbocycles. The number of unbranched alkanes of at least 4 members (excludes halogenated alkanes) is 1. The van der Waals surface area contributed by atoms with Gasteiger partial charge in [-0.1, -0.05) is 24.9 Å². The van der Waals surface area contributed by atoms with Crippen LogP contribution in [0.3, 0.4) is 0 Å². The quantitative estimate of drug-likeness (QED) is 0.686. The number of hydrogen-bond donors (Lipinski definition) is 0. The fraction of sp³-hybridized carbons (Fsp3) is 0.462. The van der Waals surface area contributed by atoms with Gasteiger partial charge < -0.3 is 4.90 Å². The van der Waals surface area contributed by atoms with Gasteiger partial charge in [0.1, 0.15) is 0 Å². The van der Waals surface area contributed by atoms with Gasteiger partial charge in [0.05, 0.1) is 5.02 Å². The van der Waals surface area contributed by atoms with Crippen LogP contribution in [0, 0.1) is 0 Å². The number of nitrogens with zero attached hydrogens (tertiary/aromatic N) is 1. The lowest BCUT2D eigenvalue weighted by atomic mass is 10.2. The van der Waals surface area contributed by atoms with E-state index in [9.17, 15) is 4.79 Å². The fourth-order valence-electron chi connectivity index (χ4n) is 1.58. The summed E-state index contributed by atoms with van der Waals surface area (Å²) in [6.45, 7) is 3.41. The molecule has 0 N–H and O–H groups in total. The Morgan fingerprint density at radius 3 is 2.67 bits per heavy atom. The number of amides is 1. The standard InChI is InChI=1S/C13H16BrCl2NO/c1-2-3-7-17(8-6-15)13(18)10-4-5-12(16)11(14)9-10/h4-5,9H,2-3,6-8H2,1H3. The van der Waals surface area contributed by atoms with Crippen molar-refractivity contribution in [3.8, 4) is 0 Å². The first kappa shape index (κ1) is 15.8. The highest BCUT2D eigenvalue weighted by molar-refractivity contribution is 9.10. The Kier molecular flexibility index (Phi) is 7.05. The smallest absolute Gasteiger partial charge is 0.253 e. The van der Waals surface area contributed by atoms with Gasteiger partial charge in [0.15, 0.2) is 0 Å². The maximum absolute atomic E-state index is 12.3. The molecule has 18 heavy (non-hydrogen) atoms. The van der Waals surface area contributed by atoms with Crippen molar-refractivity contribution < 1.29 is 4.79 Å². The van der Waals surface area contributed by atoms with Crippen LogP contribution in [0.25, 0.3) is 0 Å². The van der Waals surface area contributed by atoms with Crippen LogP contribution in [-0.4, -0.2) is 29.8 Å². The number of hydrogen-bond acceptors (Lipinski definition) is 1. The molecule has 1 rings (SSSR count). The summed E-state index contributed by atoms with van der Waals surface area (Å²) in [5, 5.41) is 0.601. The summed E-state index contributed by atoms with van der Waals surface area (Å²) >= 11 is 15.0. The van der Waals surface area contributed by atoms with E-state index in [0.717, 1.165) is 23.9 Å². The highest BCUT2D eigenvalue weighted by atomic mass is 79.9. The molecule has 0 spiro atoms. The van der Waals surface area contributed by atoms with Crippen LogP contribution >= 0.6 is 39.1 Å². The van der Waals surface area contributed by atoms with Gasteiger partial charge in [-0.3, -0.25) is 4.79 Å². The molecule has 0 aromatic heterocycles. The number of rotatable bonds is 6. The minimum absolute atomic E-state index is 0.00136. The maximum atomic E-state index is 12.3. The summed E-state index contributed by atoms with van der Waals surface area (Å²) in [5.41, 5.74) is 0.632. The molecule has 1 amide bonds. The average molecular weight is 353 g/mol. The van der Waals surface area contributed by atoms with Gasteiger partial charge in [0.2, 0.25) is 0 Å². The van der Waals surface area contributed by atoms with Crippen LogP contribution in [0.2, 0.25) is 5.02 Å². The Morgan fingerprint density at radius 2 is 2.11 bits per heavy atom. The molecule has 0 unspecified atom stereocenters. The summed E-state index contributed by atoms with van der Waals surface area (Å²) < 4.78 is 0.733. The third kappa shape index (κ3) is 4.45. The molecule has 0 aliphatic rings. The summed E-state index contributed by atoms with van der Waals surface area (Å²) in [6, 6.07) is 5.21. The molecule has 0 fully saturated rings. The van der Waals surface area contributed by atoms with Crippen LogP contribution in [0.15, 0.2) is 22.7 Å². The zero-order valence-corrected chi connectivity index (χ0v) is 13.4. The van der Waals surface area contributed by atoms with E-state index < -0.39 is 0 Å². The van der Waals surface area contributed by atoms with Gasteiger partial charge in [-0.2, -0.15) is 0 Å². The zero-order valence-electron chi connectivity index (χ0n) is 10.3. The summed E-state index contributed by atoms with van der Waals surface area (Å²) in [7, 11) is 0. The Balaban J connectivity index is 2.83. The highest BCUT2D eigenvalue weighted by Gasteiger charge is 2.15. The second-order valence-corrected chi connectivity index (χ2v) is 5.60. The first-order valence-electron chi connectivity index (χ1n) is 5.90. The van der Waals surface area contributed by atoms with Gasteiger partial charge in [-0.05, 0) is 40.5 Å². The molecule has 0 heterocycles. The van der Waals surface area contributed by atoms with Gasteiger partial charge >= 0.3 is 0 Å². The second kappa shape index (κ2) is 8.03. The van der Waals surface area contributed by atoms with Crippen molar-refractivity contribution in [2.75, 3.05) is 19.0 Å². The average Bonchev–Trinajstić information content (AvgIpc) is 2.37. The highest BCUT2D eigenvalue weighted by Crippen LogP contribution is 2.23. The molecule has 1 aromatic rings. The van der Waals surface area contributed by atoms with E-state index in [4.69, 9.17) is 23.2 Å². The van der Waals surface area contributed by atoms with Crippen molar-refractivity contribution in [3.05, 3.63) is 33.3 Å². The Morgan fingerprint density at radius 1 is 1.39 bits per heavy atom. The monoisotopic (exact) mass is 351 g/mol. The Bertz CT molecular complexity index is 412. The molecule has 0 bridgehead atoms. The van der Waals surface area contributed by atoms with Crippen molar-refractivity contribution in [1.29, 1.82) is 0 Å². The van der Waals surface area contributed by atoms with E-state index in [1.165, 1.54) is 0 Å². The third-order valence-corrected chi connectivity index (χ3v) is 3.97. The SMILES string of the molecule is CCCCN(CCCl)C(=O)c1ccc(Cl)c(Br)c1. The number of carbonyl (C=O) groups is 1. The lowest BCUT2D eigenvalue weighted by Crippen LogP contribution is -2.33. The number of halogens is 3. The van der Waals surface area contributed by atoms with Crippen LogP contribution < -0.4 is 0 Å². The topological polar surface area (TPSA) is 20.3 Å². The van der Waals surface area contributed by atoms with Crippen LogP contribution in [-0.2, 0) is 0 Å². The molecular formula is C13H16BrCl2NO. The van der Waals surface area contributed by atoms with E-state index in [-0.39, 0.29) is 5.91 Å². The maximum Gasteiger partial charge on any atom is 0.253 e. The van der Waals surface area contributed by atoms with Crippen molar-refractivity contribution in [2.24, 2.45) is 0 Å². The molecule has 1 aromatic carbocycles. The Hall–Kier alpha value is -0.250. The molecular weight excluding hydrogens is 337 g/mol. The predicted octanol–water partition coefficient (Wildman–Crippen LogP) is 4.58. The van der Waals surface area contributed by atoms with Gasteiger partial charge in [0, 0.05) is 29.0 Å². The first-order valence-corrected chi connectivity index (χ1v) is 7.61. The molecule has 0 aliphatic carbocycles. The van der Waals surface area contributed by atoms with Crippen LogP contribution in [0.4, 0.5) is 0 Å². The molecule has 100 valence electrons. The van der Waals surface area contributed by atoms with Crippen molar-refractivity contribution in [2.45, 2.75) is 19.8 Å². The minimum Gasteiger partial charge on any atom is -0.337 e. The third-order valence-electron chi connectivity index (χ3n) is 2.59. The molecule has 2 nitrogen and oxygen atoms in total. The molecule has 0 aliphatic heterocycles. The summed E-state index contributed by atoms with van der Waals surface area (Å²) in [5.74, 6) is 0.450. The van der Waals surface area contributed by atoms with Crippen molar-refractivity contribution >= 4 is 45.0 Å². The van der Waals surface area contributed by atoms with Gasteiger partial charge in [0.25, 0.3) is 5.91 Å². The molecule has 0 saturated heterocycles. The molecule has 0 atom stereocenters. The summed E-state index contributed by atoms with van der Waals surface area (Å²) in [4.78, 5) is 14.1. The largest absolute Gasteiger partial charge is 0.337 e. The van der Waals surface area contributed by atoms with Crippen LogP contribution in [0.5, 0.6) is 0 Å². The normalized spacial score (nSPS) is 10.4. The second-order valence-electron chi connectivity index (χ2n) is 3.96. The minimum atomic E-state index is 0.00136. The lowest BCUT2D eigenvalue weighted by Gasteiger charge is -2.21. The van der Waals surface area contributed by atoms with E-state index >= 15 is 0 Å². The number of benzene rings is 1. The van der Waals surface area contributed by atoms with E-state index in [1.807, 2.05) is 0 Å². The van der Waals surface area contributed by atoms with Crippen molar-refractivity contribution in [1.82, 2.24) is 4.90 Å². The van der Waals surface area contributed by atoms with Gasteiger partial charge in [-0.25, -0.2) is 0 Å². The molecule has 5 heteroatoms. The molecule has 0 radical (unpaired) electrons. The van der Waals surface area contributed by atoms with E-state index in [2.05, 4.69) is 22.9 Å². The first-order chi connectivity index (χ1) is 8.60. The lowest BCUT2D eigenvalue weighted by molar-refractivity contribution is 0.0763. The van der Waals surface area contributed by atoms with E-state index in [0.29, 0.717) is 23.0 Å². The van der Waals surface area contributed by atoms with E-state index in [1.54, 1.807) is 23.1 Å². The number of carbonyl (C=O) groups excluding carboxylic acids is 1. The van der Waals surface area contributed by atoms with Gasteiger partial charge in [-0.15, -0.1) is 11.6 Å². The zero-order chi connectivity index (χ0) is 13.5. The summed E-state index contributed by atoms with van der Waals surface area (Å²) in [6.07, 6.45) is 2.04. The van der Waals surface area contributed by atoms with Crippen molar-refractivity contribution in [3.63, 3.8) is 0 Å².